The van der Waals surface area contributed by atoms with Crippen LogP contribution in [0.4, 0.5) is 20.4 Å². The maximum absolute atomic E-state index is 14.8. The molecule has 4 heterocycles. The fourth-order valence-corrected chi connectivity index (χ4v) is 5.53. The minimum atomic E-state index is -3.16. The van der Waals surface area contributed by atoms with Gasteiger partial charge in [-0.15, -0.1) is 0 Å². The van der Waals surface area contributed by atoms with Crippen molar-refractivity contribution in [2.75, 3.05) is 31.3 Å². The van der Waals surface area contributed by atoms with Crippen molar-refractivity contribution in [2.24, 2.45) is 4.36 Å². The first-order valence-electron chi connectivity index (χ1n) is 12.3. The number of hydrogen-bond donors (Lipinski definition) is 1. The van der Waals surface area contributed by atoms with E-state index in [2.05, 4.69) is 19.6 Å². The van der Waals surface area contributed by atoms with Gasteiger partial charge in [0.1, 0.15) is 35.6 Å². The zero-order valence-corrected chi connectivity index (χ0v) is 22.5. The number of carbonyl (C=O) groups is 3. The third-order valence-electron chi connectivity index (χ3n) is 5.93. The van der Waals surface area contributed by atoms with Crippen LogP contribution in [0.1, 0.15) is 12.0 Å². The molecule has 0 aliphatic carbocycles. The molecule has 14 heteroatoms. The summed E-state index contributed by atoms with van der Waals surface area (Å²) in [4.78, 5) is 45.0. The molecular formula is C27H23F2N5O6S. The summed E-state index contributed by atoms with van der Waals surface area (Å²) >= 11 is 0. The van der Waals surface area contributed by atoms with Crippen molar-refractivity contribution in [2.45, 2.75) is 12.2 Å². The number of ether oxygens (including phenoxy) is 2. The summed E-state index contributed by atoms with van der Waals surface area (Å²) in [5, 5.41) is 2.97. The molecule has 5 rings (SSSR count). The van der Waals surface area contributed by atoms with Crippen LogP contribution in [0.25, 0.3) is 11.1 Å². The smallest absolute Gasteiger partial charge is 0.273 e. The molecule has 0 spiro atoms. The highest BCUT2D eigenvalue weighted by atomic mass is 32.2. The summed E-state index contributed by atoms with van der Waals surface area (Å²) in [7, 11) is -3.16. The van der Waals surface area contributed by atoms with E-state index < -0.39 is 45.6 Å². The minimum absolute atomic E-state index is 0.126. The van der Waals surface area contributed by atoms with E-state index in [1.165, 1.54) is 36.6 Å². The Balaban J connectivity index is 1.44. The van der Waals surface area contributed by atoms with Crippen molar-refractivity contribution >= 4 is 39.1 Å². The van der Waals surface area contributed by atoms with Gasteiger partial charge in [-0.3, -0.25) is 19.3 Å². The molecule has 0 fully saturated rings. The van der Waals surface area contributed by atoms with E-state index in [1.54, 1.807) is 6.07 Å². The second kappa shape index (κ2) is 11.4. The Bertz CT molecular complexity index is 1700. The highest BCUT2D eigenvalue weighted by Gasteiger charge is 2.26. The lowest BCUT2D eigenvalue weighted by Gasteiger charge is -2.16. The van der Waals surface area contributed by atoms with Crippen LogP contribution in [0.15, 0.2) is 59.1 Å². The summed E-state index contributed by atoms with van der Waals surface area (Å²) in [6, 6.07) is 8.31. The number of amides is 3. The quantitative estimate of drug-likeness (QED) is 0.458. The van der Waals surface area contributed by atoms with Crippen molar-refractivity contribution in [3.8, 4) is 22.8 Å². The number of anilines is 2. The van der Waals surface area contributed by atoms with Crippen molar-refractivity contribution in [1.82, 2.24) is 14.9 Å². The van der Waals surface area contributed by atoms with Gasteiger partial charge in [-0.25, -0.2) is 18.0 Å². The van der Waals surface area contributed by atoms with E-state index in [1.807, 2.05) is 0 Å². The zero-order valence-electron chi connectivity index (χ0n) is 21.6. The topological polar surface area (TPSA) is 140 Å². The molecule has 3 aromatic rings. The van der Waals surface area contributed by atoms with Gasteiger partial charge < -0.3 is 14.8 Å². The van der Waals surface area contributed by atoms with Crippen LogP contribution in [-0.4, -0.2) is 62.8 Å². The molecule has 3 amide bonds. The molecule has 1 N–H and O–H groups in total. The molecule has 1 aromatic carbocycles. The summed E-state index contributed by atoms with van der Waals surface area (Å²) in [5.41, 5.74) is 0.907. The van der Waals surface area contributed by atoms with Gasteiger partial charge in [0.2, 0.25) is 5.88 Å². The van der Waals surface area contributed by atoms with Gasteiger partial charge in [0.25, 0.3) is 17.7 Å². The fraction of sp³-hybridized carbons (Fsp3) is 0.222. The van der Waals surface area contributed by atoms with Crippen molar-refractivity contribution < 1.29 is 36.8 Å². The second-order valence-corrected chi connectivity index (χ2v) is 11.6. The lowest BCUT2D eigenvalue weighted by atomic mass is 10.0. The number of nitrogens with one attached hydrogen (secondary N) is 1. The summed E-state index contributed by atoms with van der Waals surface area (Å²) < 4.78 is 57.2. The van der Waals surface area contributed by atoms with Gasteiger partial charge in [-0.05, 0) is 29.8 Å². The fourth-order valence-electron chi connectivity index (χ4n) is 4.19. The highest BCUT2D eigenvalue weighted by molar-refractivity contribution is 7.92. The van der Waals surface area contributed by atoms with Gasteiger partial charge in [0.05, 0.1) is 34.9 Å². The predicted molar refractivity (Wildman–Crippen MR) is 144 cm³/mol. The van der Waals surface area contributed by atoms with Gasteiger partial charge in [-0.2, -0.15) is 9.35 Å². The standard InChI is InChI=1S/C27H23F2N5O6S/c1-41(38,33-24(35)14-34-26(36)5-6-27(34)37)15-16-9-23-31-22-12-19(20(29)13-30-22)18-4-3-17(28)11-21(18)39-7-2-8-40-25(10-16)32-23/h3-6,9-13H,2,7-8,14-15H2,1H3,(H,30,31,32). The molecule has 2 aromatic heterocycles. The van der Waals surface area contributed by atoms with E-state index >= 15 is 0 Å². The average Bonchev–Trinajstić information content (AvgIpc) is 3.20. The molecule has 1 atom stereocenters. The molecule has 2 aliphatic rings. The van der Waals surface area contributed by atoms with E-state index in [9.17, 15) is 27.4 Å². The van der Waals surface area contributed by atoms with E-state index in [0.717, 1.165) is 18.3 Å². The van der Waals surface area contributed by atoms with Crippen LogP contribution < -0.4 is 14.8 Å². The second-order valence-electron chi connectivity index (χ2n) is 9.25. The lowest BCUT2D eigenvalue weighted by molar-refractivity contribution is -0.140. The molecule has 0 radical (unpaired) electrons. The number of fused-ring (bicyclic) bond motifs is 6. The van der Waals surface area contributed by atoms with Crippen molar-refractivity contribution in [3.63, 3.8) is 0 Å². The monoisotopic (exact) mass is 583 g/mol. The first-order chi connectivity index (χ1) is 19.6. The molecule has 0 saturated heterocycles. The Morgan fingerprint density at radius 1 is 1.05 bits per heavy atom. The Labute approximate surface area is 233 Å². The number of hydrogen-bond acceptors (Lipinski definition) is 9. The molecule has 2 aliphatic heterocycles. The molecule has 11 nitrogen and oxygen atoms in total. The normalized spacial score (nSPS) is 16.0. The van der Waals surface area contributed by atoms with Crippen LogP contribution in [0.2, 0.25) is 0 Å². The van der Waals surface area contributed by atoms with Crippen molar-refractivity contribution in [1.29, 1.82) is 0 Å². The number of rotatable bonds is 4. The number of imide groups is 1. The molecule has 212 valence electrons. The molecule has 41 heavy (non-hydrogen) atoms. The lowest BCUT2D eigenvalue weighted by Crippen LogP contribution is -2.34. The maximum Gasteiger partial charge on any atom is 0.273 e. The highest BCUT2D eigenvalue weighted by Crippen LogP contribution is 2.34. The number of pyridine rings is 2. The maximum atomic E-state index is 14.8. The summed E-state index contributed by atoms with van der Waals surface area (Å²) in [6.07, 6.45) is 4.75. The Morgan fingerprint density at radius 3 is 2.59 bits per heavy atom. The van der Waals surface area contributed by atoms with Crippen LogP contribution in [-0.2, 0) is 29.9 Å². The van der Waals surface area contributed by atoms with Crippen molar-refractivity contribution in [3.05, 3.63) is 71.9 Å². The van der Waals surface area contributed by atoms with E-state index in [-0.39, 0.29) is 47.8 Å². The number of carbonyl (C=O) groups excluding carboxylic acids is 3. The van der Waals surface area contributed by atoms with Crippen LogP contribution >= 0.6 is 0 Å². The molecular weight excluding hydrogens is 560 g/mol. The SMILES string of the molecule is CS(=O)(Cc1cc2nc(c1)OCCCOc1cc(F)ccc1-c1cc(ncc1F)N2)=NC(=O)CN1C(=O)C=CC1=O. The number of halogens is 2. The van der Waals surface area contributed by atoms with Gasteiger partial charge >= 0.3 is 0 Å². The summed E-state index contributed by atoms with van der Waals surface area (Å²) in [5.74, 6) is -2.77. The van der Waals surface area contributed by atoms with Crippen LogP contribution in [0, 0.1) is 11.6 Å². The first kappa shape index (κ1) is 27.8. The van der Waals surface area contributed by atoms with Gasteiger partial charge in [0.15, 0.2) is 0 Å². The third kappa shape index (κ3) is 6.72. The molecule has 1 unspecified atom stereocenters. The number of aromatic nitrogens is 2. The number of benzene rings is 1. The average molecular weight is 584 g/mol. The Hall–Kier alpha value is -4.72. The Kier molecular flexibility index (Phi) is 7.75. The van der Waals surface area contributed by atoms with Crippen LogP contribution in [0.5, 0.6) is 11.6 Å². The third-order valence-corrected chi connectivity index (χ3v) is 7.39. The first-order valence-corrected chi connectivity index (χ1v) is 14.4. The van der Waals surface area contributed by atoms with E-state index in [0.29, 0.717) is 22.4 Å². The minimum Gasteiger partial charge on any atom is -0.493 e. The molecule has 0 saturated carbocycles. The van der Waals surface area contributed by atoms with E-state index in [4.69, 9.17) is 9.47 Å². The van der Waals surface area contributed by atoms with Crippen LogP contribution in [0.3, 0.4) is 0 Å². The molecule has 4 bridgehead atoms. The zero-order chi connectivity index (χ0) is 29.1. The number of nitrogens with zero attached hydrogens (tertiary/aromatic N) is 4. The summed E-state index contributed by atoms with van der Waals surface area (Å²) in [6.45, 7) is -0.319. The van der Waals surface area contributed by atoms with Gasteiger partial charge in [-0.1, -0.05) is 0 Å². The predicted octanol–water partition coefficient (Wildman–Crippen LogP) is 3.38. The largest absolute Gasteiger partial charge is 0.493 e. The van der Waals surface area contributed by atoms with Gasteiger partial charge in [0, 0.05) is 48.1 Å². The Morgan fingerprint density at radius 2 is 1.80 bits per heavy atom.